The van der Waals surface area contributed by atoms with Gasteiger partial charge in [-0.3, -0.25) is 14.4 Å². The smallest absolute Gasteiger partial charge is 0.308 e. The number of aromatic amines is 3. The first kappa shape index (κ1) is 31.3. The van der Waals surface area contributed by atoms with Gasteiger partial charge in [0.05, 0.1) is 6.61 Å². The summed E-state index contributed by atoms with van der Waals surface area (Å²) in [6.45, 7) is 0.0165. The van der Waals surface area contributed by atoms with Gasteiger partial charge in [-0.25, -0.2) is 0 Å². The molecule has 0 radical (unpaired) electrons. The lowest BCUT2D eigenvalue weighted by Crippen LogP contribution is -2.47. The lowest BCUT2D eigenvalue weighted by molar-refractivity contribution is -0.243. The van der Waals surface area contributed by atoms with Crippen LogP contribution in [0.5, 0.6) is 0 Å². The molecule has 10 heteroatoms. The highest BCUT2D eigenvalue weighted by Crippen LogP contribution is 2.26. The Bertz CT molecular complexity index is 2060. The van der Waals surface area contributed by atoms with Crippen LogP contribution in [0.1, 0.15) is 42.4 Å². The van der Waals surface area contributed by atoms with Crippen LogP contribution in [0.25, 0.3) is 32.7 Å². The molecule has 0 aliphatic carbocycles. The van der Waals surface area contributed by atoms with Crippen molar-refractivity contribution in [3.05, 3.63) is 108 Å². The fourth-order valence-electron chi connectivity index (χ4n) is 6.43. The van der Waals surface area contributed by atoms with E-state index in [4.69, 9.17) is 18.9 Å². The summed E-state index contributed by atoms with van der Waals surface area (Å²) < 4.78 is 23.2. The van der Waals surface area contributed by atoms with Crippen LogP contribution in [0.2, 0.25) is 0 Å². The number of hydrogen-bond donors (Lipinski definition) is 3. The molecule has 0 saturated carbocycles. The maximum Gasteiger partial charge on any atom is 0.308 e. The monoisotopic (exact) mass is 647 g/mol. The van der Waals surface area contributed by atoms with E-state index in [1.807, 2.05) is 91.4 Å². The predicted octanol–water partition coefficient (Wildman–Crippen LogP) is 6.44. The Balaban J connectivity index is 0.969. The van der Waals surface area contributed by atoms with E-state index < -0.39 is 30.4 Å². The van der Waals surface area contributed by atoms with Crippen molar-refractivity contribution in [1.82, 2.24) is 15.0 Å². The number of benzene rings is 3. The van der Waals surface area contributed by atoms with E-state index in [9.17, 15) is 14.4 Å². The molecule has 0 bridgehead atoms. The van der Waals surface area contributed by atoms with Crippen LogP contribution in [-0.2, 0) is 52.6 Å². The van der Waals surface area contributed by atoms with Gasteiger partial charge in [-0.2, -0.15) is 0 Å². The van der Waals surface area contributed by atoms with Gasteiger partial charge in [0.15, 0.2) is 6.10 Å². The summed E-state index contributed by atoms with van der Waals surface area (Å²) >= 11 is 0. The first-order chi connectivity index (χ1) is 23.5. The largest absolute Gasteiger partial charge is 0.460 e. The number of H-pyrrole nitrogens is 3. The Morgan fingerprint density at radius 3 is 1.48 bits per heavy atom. The minimum Gasteiger partial charge on any atom is -0.460 e. The van der Waals surface area contributed by atoms with Gasteiger partial charge in [-0.05, 0) is 54.2 Å². The molecule has 1 aliphatic heterocycles. The van der Waals surface area contributed by atoms with Crippen molar-refractivity contribution in [1.29, 1.82) is 0 Å². The van der Waals surface area contributed by atoms with Crippen molar-refractivity contribution >= 4 is 50.6 Å². The zero-order chi connectivity index (χ0) is 32.9. The highest BCUT2D eigenvalue weighted by Gasteiger charge is 2.38. The SMILES string of the molecule is O=C(CCc1c[nH]c2ccccc12)O[C@@H]1CO[C@@H](OC(=O)CCc2c[nH]c3ccccc23)[C@H](OC(=O)CCc2c[nH]c3ccccc23)C1. The summed E-state index contributed by atoms with van der Waals surface area (Å²) in [4.78, 5) is 48.6. The Morgan fingerprint density at radius 1 is 0.583 bits per heavy atom. The summed E-state index contributed by atoms with van der Waals surface area (Å²) in [6, 6.07) is 23.7. The fourth-order valence-corrected chi connectivity index (χ4v) is 6.43. The molecule has 4 heterocycles. The number of nitrogens with one attached hydrogen (secondary N) is 3. The molecule has 1 fully saturated rings. The Labute approximate surface area is 276 Å². The average molecular weight is 648 g/mol. The van der Waals surface area contributed by atoms with Crippen LogP contribution in [0.15, 0.2) is 91.4 Å². The lowest BCUT2D eigenvalue weighted by Gasteiger charge is -2.34. The number of fused-ring (bicyclic) bond motifs is 3. The number of esters is 3. The summed E-state index contributed by atoms with van der Waals surface area (Å²) in [5.41, 5.74) is 6.05. The average Bonchev–Trinajstić information content (AvgIpc) is 3.83. The molecule has 1 aliphatic rings. The second-order valence-corrected chi connectivity index (χ2v) is 12.1. The molecule has 3 aromatic heterocycles. The highest BCUT2D eigenvalue weighted by molar-refractivity contribution is 5.85. The van der Waals surface area contributed by atoms with E-state index in [2.05, 4.69) is 15.0 Å². The molecule has 10 nitrogen and oxygen atoms in total. The van der Waals surface area contributed by atoms with Gasteiger partial charge >= 0.3 is 17.9 Å². The van der Waals surface area contributed by atoms with Crippen LogP contribution in [0.4, 0.5) is 0 Å². The number of hydrogen-bond acceptors (Lipinski definition) is 7. The molecular weight excluding hydrogens is 610 g/mol. The van der Waals surface area contributed by atoms with Gasteiger partial charge in [0.2, 0.25) is 6.29 Å². The van der Waals surface area contributed by atoms with Crippen molar-refractivity contribution in [3.8, 4) is 0 Å². The first-order valence-electron chi connectivity index (χ1n) is 16.3. The number of rotatable bonds is 12. The second-order valence-electron chi connectivity index (χ2n) is 12.1. The van der Waals surface area contributed by atoms with Crippen LogP contribution < -0.4 is 0 Å². The number of carbonyl (C=O) groups excluding carboxylic acids is 3. The van der Waals surface area contributed by atoms with Gasteiger partial charge in [-0.1, -0.05) is 54.6 Å². The minimum atomic E-state index is -1.11. The molecule has 7 rings (SSSR count). The molecule has 6 aromatic rings. The number of para-hydroxylation sites is 3. The van der Waals surface area contributed by atoms with E-state index in [0.29, 0.717) is 19.3 Å². The molecule has 246 valence electrons. The highest BCUT2D eigenvalue weighted by atomic mass is 16.7. The minimum absolute atomic E-state index is 0.0165. The van der Waals surface area contributed by atoms with E-state index in [-0.39, 0.29) is 38.3 Å². The van der Waals surface area contributed by atoms with Crippen molar-refractivity contribution in [3.63, 3.8) is 0 Å². The standard InChI is InChI=1S/C38H37N3O7/c42-35(16-13-24-20-39-31-10-4-1-7-28(24)31)46-27-19-34(47-36(43)17-14-25-21-40-32-11-5-2-8-29(25)32)38(45-23-27)48-37(44)18-15-26-22-41-33-12-6-3-9-30(26)33/h1-12,20-22,27,34,38-41H,13-19,23H2/t27-,34+,38-/m0/s1. The third kappa shape index (κ3) is 7.13. The maximum atomic E-state index is 13.1. The van der Waals surface area contributed by atoms with E-state index >= 15 is 0 Å². The zero-order valence-corrected chi connectivity index (χ0v) is 26.4. The van der Waals surface area contributed by atoms with E-state index in [1.54, 1.807) is 0 Å². The molecule has 48 heavy (non-hydrogen) atoms. The zero-order valence-electron chi connectivity index (χ0n) is 26.4. The number of carbonyl (C=O) groups is 3. The molecule has 0 spiro atoms. The fraction of sp³-hybridized carbons (Fsp3) is 0.289. The summed E-state index contributed by atoms with van der Waals surface area (Å²) in [5.74, 6) is -1.31. The topological polar surface area (TPSA) is 136 Å². The number of aromatic nitrogens is 3. The third-order valence-corrected chi connectivity index (χ3v) is 8.89. The van der Waals surface area contributed by atoms with Gasteiger partial charge in [0.1, 0.15) is 6.10 Å². The third-order valence-electron chi connectivity index (χ3n) is 8.89. The van der Waals surface area contributed by atoms with Crippen molar-refractivity contribution in [2.24, 2.45) is 0 Å². The van der Waals surface area contributed by atoms with Crippen molar-refractivity contribution in [2.75, 3.05) is 6.61 Å². The van der Waals surface area contributed by atoms with Gasteiger partial charge in [0.25, 0.3) is 0 Å². The molecule has 1 saturated heterocycles. The first-order valence-corrected chi connectivity index (χ1v) is 16.3. The van der Waals surface area contributed by atoms with Crippen LogP contribution >= 0.6 is 0 Å². The normalized spacial score (nSPS) is 17.9. The Kier molecular flexibility index (Phi) is 9.24. The summed E-state index contributed by atoms with van der Waals surface area (Å²) in [6.07, 6.45) is 5.02. The molecule has 0 amide bonds. The summed E-state index contributed by atoms with van der Waals surface area (Å²) in [5, 5.41) is 3.17. The Hall–Kier alpha value is -5.35. The van der Waals surface area contributed by atoms with E-state index in [1.165, 1.54) is 0 Å². The molecule has 3 aromatic carbocycles. The quantitative estimate of drug-likeness (QED) is 0.103. The van der Waals surface area contributed by atoms with Crippen molar-refractivity contribution in [2.45, 2.75) is 63.4 Å². The van der Waals surface area contributed by atoms with Gasteiger partial charge < -0.3 is 33.9 Å². The van der Waals surface area contributed by atoms with E-state index in [0.717, 1.165) is 49.4 Å². The summed E-state index contributed by atoms with van der Waals surface area (Å²) in [7, 11) is 0. The maximum absolute atomic E-state index is 13.1. The second kappa shape index (κ2) is 14.2. The molecule has 3 atom stereocenters. The van der Waals surface area contributed by atoms with Crippen LogP contribution in [0, 0.1) is 0 Å². The Morgan fingerprint density at radius 2 is 1.00 bits per heavy atom. The number of ether oxygens (including phenoxy) is 4. The predicted molar refractivity (Wildman–Crippen MR) is 180 cm³/mol. The van der Waals surface area contributed by atoms with Crippen molar-refractivity contribution < 1.29 is 33.3 Å². The van der Waals surface area contributed by atoms with Crippen LogP contribution in [-0.4, -0.2) is 58.0 Å². The molecule has 3 N–H and O–H groups in total. The molecular formula is C38H37N3O7. The van der Waals surface area contributed by atoms with Gasteiger partial charge in [-0.15, -0.1) is 0 Å². The van der Waals surface area contributed by atoms with Crippen LogP contribution in [0.3, 0.4) is 0 Å². The van der Waals surface area contributed by atoms with Gasteiger partial charge in [0, 0.05) is 77.0 Å². The molecule has 0 unspecified atom stereocenters. The lowest BCUT2D eigenvalue weighted by atomic mass is 10.1. The number of aryl methyl sites for hydroxylation is 3.